The maximum atomic E-state index is 14.5. The average Bonchev–Trinajstić information content (AvgIpc) is 3.02. The molecule has 0 aliphatic rings. The Labute approximate surface area is 271 Å². The smallest absolute Gasteiger partial charge is 0.264 e. The second-order valence-corrected chi connectivity index (χ2v) is 14.2. The van der Waals surface area contributed by atoms with E-state index in [1.165, 1.54) is 17.0 Å². The molecular formula is C36H40ClN3O4S. The van der Waals surface area contributed by atoms with Crippen LogP contribution < -0.4 is 9.62 Å². The highest BCUT2D eigenvalue weighted by Gasteiger charge is 2.35. The number of carbonyl (C=O) groups excluding carboxylic acids is 2. The Morgan fingerprint density at radius 1 is 0.778 bits per heavy atom. The van der Waals surface area contributed by atoms with E-state index in [2.05, 4.69) is 5.32 Å². The van der Waals surface area contributed by atoms with E-state index in [1.807, 2.05) is 70.2 Å². The minimum Gasteiger partial charge on any atom is -0.350 e. The standard InChI is InChI=1S/C36H40ClN3O4S/c1-5-27-18-22-31(23-19-27)40(45(43,44)32-14-10-7-11-15-32)26-34(41)39(25-29-16-20-30(37)21-17-29)33(35(42)38-36(2,3)4)24-28-12-8-6-9-13-28/h6-23,33H,5,24-26H2,1-4H3,(H,38,42)/t33-/m0/s1. The molecule has 45 heavy (non-hydrogen) atoms. The van der Waals surface area contributed by atoms with Crippen LogP contribution >= 0.6 is 11.6 Å². The molecule has 0 aliphatic carbocycles. The first-order valence-electron chi connectivity index (χ1n) is 14.9. The number of aryl methyl sites for hydroxylation is 1. The van der Waals surface area contributed by atoms with Gasteiger partial charge in [0.15, 0.2) is 0 Å². The predicted molar refractivity (Wildman–Crippen MR) is 181 cm³/mol. The van der Waals surface area contributed by atoms with Crippen molar-refractivity contribution >= 4 is 39.1 Å². The van der Waals surface area contributed by atoms with Gasteiger partial charge in [0, 0.05) is 23.5 Å². The molecular weight excluding hydrogens is 606 g/mol. The van der Waals surface area contributed by atoms with Crippen molar-refractivity contribution in [3.63, 3.8) is 0 Å². The lowest BCUT2D eigenvalue weighted by Crippen LogP contribution is -2.56. The molecule has 0 aliphatic heterocycles. The van der Waals surface area contributed by atoms with Gasteiger partial charge in [-0.15, -0.1) is 0 Å². The average molecular weight is 646 g/mol. The molecule has 0 spiro atoms. The number of benzene rings is 4. The van der Waals surface area contributed by atoms with Crippen LogP contribution in [0.15, 0.2) is 114 Å². The van der Waals surface area contributed by atoms with Crippen molar-refractivity contribution < 1.29 is 18.0 Å². The monoisotopic (exact) mass is 645 g/mol. The van der Waals surface area contributed by atoms with Gasteiger partial charge in [0.2, 0.25) is 11.8 Å². The highest BCUT2D eigenvalue weighted by Crippen LogP contribution is 2.26. The Hall–Kier alpha value is -4.14. The van der Waals surface area contributed by atoms with E-state index >= 15 is 0 Å². The predicted octanol–water partition coefficient (Wildman–Crippen LogP) is 6.65. The molecule has 1 atom stereocenters. The summed E-state index contributed by atoms with van der Waals surface area (Å²) in [5.41, 5.74) is 2.44. The number of nitrogens with one attached hydrogen (secondary N) is 1. The second kappa shape index (κ2) is 14.8. The van der Waals surface area contributed by atoms with Gasteiger partial charge in [0.25, 0.3) is 10.0 Å². The summed E-state index contributed by atoms with van der Waals surface area (Å²) in [7, 11) is -4.15. The summed E-state index contributed by atoms with van der Waals surface area (Å²) in [5.74, 6) is -0.854. The van der Waals surface area contributed by atoms with Crippen molar-refractivity contribution in [2.75, 3.05) is 10.8 Å². The summed E-state index contributed by atoms with van der Waals surface area (Å²) in [6, 6.07) is 30.8. The Bertz CT molecular complexity index is 1670. The molecule has 2 amide bonds. The third-order valence-corrected chi connectivity index (χ3v) is 9.32. The molecule has 236 valence electrons. The molecule has 0 saturated heterocycles. The van der Waals surface area contributed by atoms with Gasteiger partial charge < -0.3 is 10.2 Å². The van der Waals surface area contributed by atoms with Crippen LogP contribution in [0.5, 0.6) is 0 Å². The summed E-state index contributed by atoms with van der Waals surface area (Å²) in [4.78, 5) is 30.0. The van der Waals surface area contributed by atoms with Gasteiger partial charge in [-0.25, -0.2) is 8.42 Å². The molecule has 4 rings (SSSR count). The third-order valence-electron chi connectivity index (χ3n) is 7.28. The number of sulfonamides is 1. The molecule has 4 aromatic rings. The Kier molecular flexibility index (Phi) is 11.1. The topological polar surface area (TPSA) is 86.8 Å². The van der Waals surface area contributed by atoms with E-state index in [0.717, 1.165) is 27.4 Å². The second-order valence-electron chi connectivity index (χ2n) is 11.9. The van der Waals surface area contributed by atoms with Gasteiger partial charge in [-0.1, -0.05) is 91.3 Å². The molecule has 0 fully saturated rings. The third kappa shape index (κ3) is 9.19. The first-order chi connectivity index (χ1) is 21.4. The van der Waals surface area contributed by atoms with Gasteiger partial charge in [0.1, 0.15) is 12.6 Å². The fraction of sp³-hybridized carbons (Fsp3) is 0.278. The minimum absolute atomic E-state index is 0.0629. The van der Waals surface area contributed by atoms with Gasteiger partial charge in [0.05, 0.1) is 10.6 Å². The maximum absolute atomic E-state index is 14.5. The molecule has 0 saturated carbocycles. The fourth-order valence-corrected chi connectivity index (χ4v) is 6.50. The van der Waals surface area contributed by atoms with Gasteiger partial charge in [-0.05, 0) is 80.3 Å². The maximum Gasteiger partial charge on any atom is 0.264 e. The van der Waals surface area contributed by atoms with Gasteiger partial charge >= 0.3 is 0 Å². The lowest BCUT2D eigenvalue weighted by molar-refractivity contribution is -0.140. The Morgan fingerprint density at radius 3 is 1.89 bits per heavy atom. The molecule has 4 aromatic carbocycles. The van der Waals surface area contributed by atoms with E-state index in [1.54, 1.807) is 54.6 Å². The van der Waals surface area contributed by atoms with Gasteiger partial charge in [-0.3, -0.25) is 13.9 Å². The lowest BCUT2D eigenvalue weighted by atomic mass is 10.0. The van der Waals surface area contributed by atoms with Crippen LogP contribution in [0.1, 0.15) is 44.4 Å². The minimum atomic E-state index is -4.15. The first kappa shape index (κ1) is 33.7. The van der Waals surface area contributed by atoms with Crippen LogP contribution in [0.2, 0.25) is 5.02 Å². The lowest BCUT2D eigenvalue weighted by Gasteiger charge is -2.35. The zero-order valence-electron chi connectivity index (χ0n) is 26.1. The van der Waals surface area contributed by atoms with Gasteiger partial charge in [-0.2, -0.15) is 0 Å². The number of nitrogens with zero attached hydrogens (tertiary/aromatic N) is 2. The molecule has 0 radical (unpaired) electrons. The van der Waals surface area contributed by atoms with E-state index in [9.17, 15) is 18.0 Å². The number of hydrogen-bond acceptors (Lipinski definition) is 4. The number of rotatable bonds is 12. The zero-order chi connectivity index (χ0) is 32.6. The summed E-state index contributed by atoms with van der Waals surface area (Å²) in [5, 5.41) is 3.58. The summed E-state index contributed by atoms with van der Waals surface area (Å²) in [6.07, 6.45) is 1.02. The zero-order valence-corrected chi connectivity index (χ0v) is 27.7. The van der Waals surface area contributed by atoms with Crippen molar-refractivity contribution in [2.45, 2.75) is 63.6 Å². The molecule has 0 aromatic heterocycles. The van der Waals surface area contributed by atoms with Crippen molar-refractivity contribution in [3.8, 4) is 0 Å². The molecule has 1 N–H and O–H groups in total. The molecule has 0 bridgehead atoms. The fourth-order valence-electron chi connectivity index (χ4n) is 4.94. The van der Waals surface area contributed by atoms with Crippen molar-refractivity contribution in [1.29, 1.82) is 0 Å². The highest BCUT2D eigenvalue weighted by atomic mass is 35.5. The van der Waals surface area contributed by atoms with Crippen LogP contribution in [-0.2, 0) is 39.0 Å². The van der Waals surface area contributed by atoms with Crippen LogP contribution in [0, 0.1) is 0 Å². The molecule has 9 heteroatoms. The SMILES string of the molecule is CCc1ccc(N(CC(=O)N(Cc2ccc(Cl)cc2)[C@@H](Cc2ccccc2)C(=O)NC(C)(C)C)S(=O)(=O)c2ccccc2)cc1. The largest absolute Gasteiger partial charge is 0.350 e. The van der Waals surface area contributed by atoms with Crippen LogP contribution in [-0.4, -0.2) is 43.3 Å². The normalized spacial score (nSPS) is 12.3. The number of anilines is 1. The van der Waals surface area contributed by atoms with E-state index in [4.69, 9.17) is 11.6 Å². The summed E-state index contributed by atoms with van der Waals surface area (Å²) >= 11 is 6.15. The number of hydrogen-bond donors (Lipinski definition) is 1. The quantitative estimate of drug-likeness (QED) is 0.187. The van der Waals surface area contributed by atoms with Crippen molar-refractivity contribution in [3.05, 3.63) is 131 Å². The highest BCUT2D eigenvalue weighted by molar-refractivity contribution is 7.92. The van der Waals surface area contributed by atoms with Crippen molar-refractivity contribution in [1.82, 2.24) is 10.2 Å². The number of halogens is 1. The molecule has 0 unspecified atom stereocenters. The van der Waals surface area contributed by atoms with E-state index in [0.29, 0.717) is 10.7 Å². The van der Waals surface area contributed by atoms with Crippen LogP contribution in [0.4, 0.5) is 5.69 Å². The van der Waals surface area contributed by atoms with Crippen molar-refractivity contribution in [2.24, 2.45) is 0 Å². The number of carbonyl (C=O) groups is 2. The van der Waals surface area contributed by atoms with Crippen LogP contribution in [0.25, 0.3) is 0 Å². The summed E-state index contributed by atoms with van der Waals surface area (Å²) < 4.78 is 29.3. The van der Waals surface area contributed by atoms with E-state index in [-0.39, 0.29) is 23.8 Å². The van der Waals surface area contributed by atoms with Crippen LogP contribution in [0.3, 0.4) is 0 Å². The Balaban J connectivity index is 1.81. The number of amides is 2. The molecule has 7 nitrogen and oxygen atoms in total. The first-order valence-corrected chi connectivity index (χ1v) is 16.8. The van der Waals surface area contributed by atoms with E-state index < -0.39 is 34.1 Å². The Morgan fingerprint density at radius 2 is 1.33 bits per heavy atom. The summed E-state index contributed by atoms with van der Waals surface area (Å²) in [6.45, 7) is 7.21. The molecule has 0 heterocycles.